The lowest BCUT2D eigenvalue weighted by molar-refractivity contribution is -0.119. The van der Waals surface area contributed by atoms with Crippen LogP contribution in [0.4, 0.5) is 0 Å². The Morgan fingerprint density at radius 1 is 1.30 bits per heavy atom. The normalized spacial score (nSPS) is 12.0. The summed E-state index contributed by atoms with van der Waals surface area (Å²) in [5.41, 5.74) is 2.92. The van der Waals surface area contributed by atoms with Crippen LogP contribution in [0.15, 0.2) is 58.4 Å². The second-order valence-electron chi connectivity index (χ2n) is 6.05. The number of hydrogen-bond donors (Lipinski definition) is 1. The smallest absolute Gasteiger partial charge is 0.230 e. The van der Waals surface area contributed by atoms with E-state index in [1.807, 2.05) is 60.9 Å². The third-order valence-corrected chi connectivity index (χ3v) is 5.91. The van der Waals surface area contributed by atoms with Gasteiger partial charge in [0.2, 0.25) is 5.91 Å². The van der Waals surface area contributed by atoms with Gasteiger partial charge in [0.1, 0.15) is 6.33 Å². The lowest BCUT2D eigenvalue weighted by Gasteiger charge is -2.14. The fraction of sp³-hybridized carbons (Fsp3) is 0.211. The summed E-state index contributed by atoms with van der Waals surface area (Å²) in [5, 5.41) is 12.4. The van der Waals surface area contributed by atoms with Crippen LogP contribution in [0.25, 0.3) is 5.69 Å². The second kappa shape index (κ2) is 8.91. The fourth-order valence-electron chi connectivity index (χ4n) is 2.48. The minimum absolute atomic E-state index is 0.0630. The van der Waals surface area contributed by atoms with Crippen molar-refractivity contribution in [3.05, 3.63) is 69.4 Å². The largest absolute Gasteiger partial charge is 0.349 e. The highest BCUT2D eigenvalue weighted by molar-refractivity contribution is 9.10. The molecule has 8 heteroatoms. The topological polar surface area (TPSA) is 59.8 Å². The van der Waals surface area contributed by atoms with Gasteiger partial charge in [-0.1, -0.05) is 57.5 Å². The van der Waals surface area contributed by atoms with Crippen LogP contribution >= 0.6 is 39.3 Å². The van der Waals surface area contributed by atoms with E-state index in [1.54, 1.807) is 6.33 Å². The summed E-state index contributed by atoms with van der Waals surface area (Å²) in [6.45, 7) is 3.91. The van der Waals surface area contributed by atoms with Crippen molar-refractivity contribution in [2.24, 2.45) is 0 Å². The van der Waals surface area contributed by atoms with Crippen molar-refractivity contribution in [3.8, 4) is 5.69 Å². The molecule has 0 saturated carbocycles. The van der Waals surface area contributed by atoms with E-state index in [-0.39, 0.29) is 17.7 Å². The molecule has 1 N–H and O–H groups in total. The summed E-state index contributed by atoms with van der Waals surface area (Å²) in [4.78, 5) is 12.3. The SMILES string of the molecule is Cc1ccc(-n2cnnc2SCC(=O)NC(C)c2ccc(Br)cc2)cc1Cl. The van der Waals surface area contributed by atoms with Gasteiger partial charge in [-0.25, -0.2) is 0 Å². The van der Waals surface area contributed by atoms with Crippen LogP contribution in [0.3, 0.4) is 0 Å². The number of halogens is 2. The lowest BCUT2D eigenvalue weighted by atomic mass is 10.1. The van der Waals surface area contributed by atoms with Crippen LogP contribution in [0.1, 0.15) is 24.1 Å². The highest BCUT2D eigenvalue weighted by atomic mass is 79.9. The quantitative estimate of drug-likeness (QED) is 0.523. The number of carbonyl (C=O) groups is 1. The van der Waals surface area contributed by atoms with Crippen molar-refractivity contribution >= 4 is 45.2 Å². The van der Waals surface area contributed by atoms with E-state index in [1.165, 1.54) is 11.8 Å². The number of benzene rings is 2. The standard InChI is InChI=1S/C19H18BrClN4OS/c1-12-3-8-16(9-17(12)21)25-11-22-24-19(25)27-10-18(26)23-13(2)14-4-6-15(20)7-5-14/h3-9,11,13H,10H2,1-2H3,(H,23,26). The zero-order valence-electron chi connectivity index (χ0n) is 14.8. The highest BCUT2D eigenvalue weighted by Gasteiger charge is 2.13. The van der Waals surface area contributed by atoms with Crippen LogP contribution < -0.4 is 5.32 Å². The Morgan fingerprint density at radius 2 is 2.04 bits per heavy atom. The first kappa shape index (κ1) is 19.9. The highest BCUT2D eigenvalue weighted by Crippen LogP contribution is 2.24. The van der Waals surface area contributed by atoms with Gasteiger partial charge in [-0.05, 0) is 49.2 Å². The van der Waals surface area contributed by atoms with Gasteiger partial charge >= 0.3 is 0 Å². The molecule has 3 aromatic rings. The number of hydrogen-bond acceptors (Lipinski definition) is 4. The summed E-state index contributed by atoms with van der Waals surface area (Å²) >= 11 is 11.0. The van der Waals surface area contributed by atoms with Crippen molar-refractivity contribution < 1.29 is 4.79 Å². The molecule has 1 unspecified atom stereocenters. The molecule has 0 aliphatic rings. The third kappa shape index (κ3) is 5.12. The van der Waals surface area contributed by atoms with Crippen molar-refractivity contribution in [2.45, 2.75) is 25.0 Å². The van der Waals surface area contributed by atoms with Crippen LogP contribution in [0.5, 0.6) is 0 Å². The van der Waals surface area contributed by atoms with Crippen LogP contribution in [0, 0.1) is 6.92 Å². The minimum Gasteiger partial charge on any atom is -0.349 e. The van der Waals surface area contributed by atoms with E-state index in [0.717, 1.165) is 21.3 Å². The van der Waals surface area contributed by atoms with Gasteiger partial charge in [0.25, 0.3) is 0 Å². The first-order valence-corrected chi connectivity index (χ1v) is 10.4. The lowest BCUT2D eigenvalue weighted by Crippen LogP contribution is -2.28. The molecule has 1 aromatic heterocycles. The van der Waals surface area contributed by atoms with Gasteiger partial charge < -0.3 is 5.32 Å². The molecular weight excluding hydrogens is 448 g/mol. The van der Waals surface area contributed by atoms with E-state index in [9.17, 15) is 4.79 Å². The van der Waals surface area contributed by atoms with Crippen LogP contribution in [0.2, 0.25) is 5.02 Å². The van der Waals surface area contributed by atoms with Gasteiger partial charge in [0.05, 0.1) is 17.5 Å². The molecule has 0 aliphatic heterocycles. The molecule has 1 atom stereocenters. The molecule has 0 fully saturated rings. The summed E-state index contributed by atoms with van der Waals surface area (Å²) in [7, 11) is 0. The average molecular weight is 466 g/mol. The van der Waals surface area contributed by atoms with E-state index in [4.69, 9.17) is 11.6 Å². The Bertz CT molecular complexity index is 945. The Kier molecular flexibility index (Phi) is 6.57. The number of carbonyl (C=O) groups excluding carboxylic acids is 1. The maximum atomic E-state index is 12.3. The van der Waals surface area contributed by atoms with Crippen LogP contribution in [-0.4, -0.2) is 26.4 Å². The Labute approximate surface area is 175 Å². The molecule has 140 valence electrons. The average Bonchev–Trinajstić information content (AvgIpc) is 3.11. The predicted molar refractivity (Wildman–Crippen MR) is 113 cm³/mol. The van der Waals surface area contributed by atoms with Crippen molar-refractivity contribution in [1.82, 2.24) is 20.1 Å². The van der Waals surface area contributed by atoms with Crippen molar-refractivity contribution in [3.63, 3.8) is 0 Å². The van der Waals surface area contributed by atoms with Crippen LogP contribution in [-0.2, 0) is 4.79 Å². The zero-order chi connectivity index (χ0) is 19.4. The second-order valence-corrected chi connectivity index (χ2v) is 8.31. The molecule has 1 amide bonds. The molecule has 0 radical (unpaired) electrons. The Balaban J connectivity index is 1.62. The maximum absolute atomic E-state index is 12.3. The van der Waals surface area contributed by atoms with E-state index in [2.05, 4.69) is 31.4 Å². The number of thioether (sulfide) groups is 1. The Morgan fingerprint density at radius 3 is 2.74 bits per heavy atom. The first-order chi connectivity index (χ1) is 12.9. The molecule has 3 rings (SSSR count). The number of aromatic nitrogens is 3. The van der Waals surface area contributed by atoms with Gasteiger partial charge in [0, 0.05) is 9.50 Å². The van der Waals surface area contributed by atoms with Crippen molar-refractivity contribution in [1.29, 1.82) is 0 Å². The summed E-state index contributed by atoms with van der Waals surface area (Å²) in [6, 6.07) is 13.6. The zero-order valence-corrected chi connectivity index (χ0v) is 18.0. The molecule has 0 spiro atoms. The maximum Gasteiger partial charge on any atom is 0.230 e. The number of amides is 1. The summed E-state index contributed by atoms with van der Waals surface area (Å²) in [5.74, 6) is 0.186. The number of rotatable bonds is 6. The first-order valence-electron chi connectivity index (χ1n) is 8.28. The number of nitrogens with zero attached hydrogens (tertiary/aromatic N) is 3. The molecule has 0 saturated heterocycles. The molecule has 2 aromatic carbocycles. The minimum atomic E-state index is -0.0695. The van der Waals surface area contributed by atoms with E-state index < -0.39 is 0 Å². The monoisotopic (exact) mass is 464 g/mol. The molecular formula is C19H18BrClN4OS. The molecule has 27 heavy (non-hydrogen) atoms. The van der Waals surface area contributed by atoms with E-state index in [0.29, 0.717) is 10.2 Å². The molecule has 1 heterocycles. The van der Waals surface area contributed by atoms with Crippen molar-refractivity contribution in [2.75, 3.05) is 5.75 Å². The van der Waals surface area contributed by atoms with Gasteiger partial charge in [0.15, 0.2) is 5.16 Å². The fourth-order valence-corrected chi connectivity index (χ4v) is 3.66. The number of nitrogens with one attached hydrogen (secondary N) is 1. The third-order valence-electron chi connectivity index (χ3n) is 4.03. The summed E-state index contributed by atoms with van der Waals surface area (Å²) < 4.78 is 2.83. The molecule has 0 aliphatic carbocycles. The van der Waals surface area contributed by atoms with Gasteiger partial charge in [-0.3, -0.25) is 9.36 Å². The van der Waals surface area contributed by atoms with Gasteiger partial charge in [-0.2, -0.15) is 0 Å². The predicted octanol–water partition coefficient (Wildman–Crippen LogP) is 4.96. The molecule has 0 bridgehead atoms. The number of aryl methyl sites for hydroxylation is 1. The summed E-state index contributed by atoms with van der Waals surface area (Å²) in [6.07, 6.45) is 1.62. The van der Waals surface area contributed by atoms with Gasteiger partial charge in [-0.15, -0.1) is 10.2 Å². The molecule has 5 nitrogen and oxygen atoms in total. The Hall–Kier alpha value is -1.83. The van der Waals surface area contributed by atoms with E-state index >= 15 is 0 Å².